The fourth-order valence-corrected chi connectivity index (χ4v) is 1.97. The Kier molecular flexibility index (Phi) is 2.56. The molecule has 1 aliphatic heterocycles. The first-order valence-electron chi connectivity index (χ1n) is 4.34. The van der Waals surface area contributed by atoms with Crippen LogP contribution in [0.5, 0.6) is 5.75 Å². The van der Waals surface area contributed by atoms with Crippen LogP contribution in [-0.4, -0.2) is 18.3 Å². The van der Waals surface area contributed by atoms with Gasteiger partial charge in [0.05, 0.1) is 13.2 Å². The summed E-state index contributed by atoms with van der Waals surface area (Å²) in [5.41, 5.74) is 1.12. The van der Waals surface area contributed by atoms with E-state index in [4.69, 9.17) is 9.84 Å². The van der Waals surface area contributed by atoms with Gasteiger partial charge in [-0.05, 0) is 24.1 Å². The smallest absolute Gasteiger partial charge is 0.123 e. The number of rotatable bonds is 1. The van der Waals surface area contributed by atoms with E-state index in [0.717, 1.165) is 22.2 Å². The van der Waals surface area contributed by atoms with Crippen LogP contribution in [0, 0.1) is 0 Å². The molecule has 1 heterocycles. The van der Waals surface area contributed by atoms with E-state index in [1.807, 2.05) is 18.2 Å². The summed E-state index contributed by atoms with van der Waals surface area (Å²) in [4.78, 5) is 0. The first-order valence-corrected chi connectivity index (χ1v) is 5.13. The van der Waals surface area contributed by atoms with Gasteiger partial charge in [0, 0.05) is 10.4 Å². The Balaban J connectivity index is 2.40. The average molecular weight is 243 g/mol. The minimum Gasteiger partial charge on any atom is -0.493 e. The van der Waals surface area contributed by atoms with Crippen molar-refractivity contribution in [3.8, 4) is 5.75 Å². The lowest BCUT2D eigenvalue weighted by atomic mass is 9.94. The fraction of sp³-hybridized carbons (Fsp3) is 0.400. The Morgan fingerprint density at radius 2 is 2.38 bits per heavy atom. The number of aliphatic hydroxyl groups excluding tert-OH is 1. The molecule has 13 heavy (non-hydrogen) atoms. The highest BCUT2D eigenvalue weighted by Gasteiger charge is 2.20. The Morgan fingerprint density at radius 1 is 1.54 bits per heavy atom. The van der Waals surface area contributed by atoms with Crippen molar-refractivity contribution in [2.75, 3.05) is 13.2 Å². The third-order valence-corrected chi connectivity index (χ3v) is 2.85. The van der Waals surface area contributed by atoms with Gasteiger partial charge in [-0.25, -0.2) is 0 Å². The Labute approximate surface area is 85.7 Å². The molecule has 1 aromatic rings. The summed E-state index contributed by atoms with van der Waals surface area (Å²) in [6, 6.07) is 5.95. The van der Waals surface area contributed by atoms with Gasteiger partial charge < -0.3 is 9.84 Å². The molecular formula is C10H11BrO2. The first kappa shape index (κ1) is 9.03. The Hall–Kier alpha value is -0.540. The third kappa shape index (κ3) is 1.71. The van der Waals surface area contributed by atoms with Gasteiger partial charge in [-0.3, -0.25) is 0 Å². The van der Waals surface area contributed by atoms with Crippen LogP contribution in [0.2, 0.25) is 0 Å². The van der Waals surface area contributed by atoms with Gasteiger partial charge in [0.25, 0.3) is 0 Å². The van der Waals surface area contributed by atoms with Crippen molar-refractivity contribution in [3.05, 3.63) is 28.2 Å². The van der Waals surface area contributed by atoms with E-state index in [9.17, 15) is 0 Å². The monoisotopic (exact) mass is 242 g/mol. The van der Waals surface area contributed by atoms with Gasteiger partial charge >= 0.3 is 0 Å². The van der Waals surface area contributed by atoms with E-state index >= 15 is 0 Å². The number of fused-ring (bicyclic) bond motifs is 1. The summed E-state index contributed by atoms with van der Waals surface area (Å²) in [7, 11) is 0. The molecule has 0 radical (unpaired) electrons. The number of hydrogen-bond acceptors (Lipinski definition) is 2. The van der Waals surface area contributed by atoms with E-state index in [-0.39, 0.29) is 12.5 Å². The van der Waals surface area contributed by atoms with E-state index < -0.39 is 0 Å². The molecule has 0 saturated carbocycles. The molecule has 0 fully saturated rings. The predicted octanol–water partition coefficient (Wildman–Crippen LogP) is 2.31. The maximum atomic E-state index is 9.14. The topological polar surface area (TPSA) is 29.5 Å². The lowest BCUT2D eigenvalue weighted by molar-refractivity contribution is 0.205. The Bertz CT molecular complexity index is 312. The van der Waals surface area contributed by atoms with E-state index in [1.165, 1.54) is 0 Å². The number of halogens is 1. The van der Waals surface area contributed by atoms with E-state index in [1.54, 1.807) is 0 Å². The lowest BCUT2D eigenvalue weighted by Crippen LogP contribution is -2.16. The van der Waals surface area contributed by atoms with Crippen LogP contribution in [-0.2, 0) is 0 Å². The van der Waals surface area contributed by atoms with Crippen LogP contribution in [0.1, 0.15) is 17.9 Å². The molecule has 0 amide bonds. The zero-order chi connectivity index (χ0) is 9.26. The normalized spacial score (nSPS) is 20.6. The SMILES string of the molecule is OCC1CCOc2cc(Br)ccc21. The van der Waals surface area contributed by atoms with Crippen LogP contribution < -0.4 is 4.74 Å². The van der Waals surface area contributed by atoms with Crippen molar-refractivity contribution in [2.24, 2.45) is 0 Å². The van der Waals surface area contributed by atoms with Gasteiger partial charge in [0.2, 0.25) is 0 Å². The minimum atomic E-state index is 0.206. The molecule has 70 valence electrons. The third-order valence-electron chi connectivity index (χ3n) is 2.36. The second kappa shape index (κ2) is 3.68. The molecule has 1 aromatic carbocycles. The molecule has 0 aromatic heterocycles. The van der Waals surface area contributed by atoms with Gasteiger partial charge in [0.15, 0.2) is 0 Å². The molecule has 1 N–H and O–H groups in total. The highest BCUT2D eigenvalue weighted by atomic mass is 79.9. The summed E-state index contributed by atoms with van der Waals surface area (Å²) in [6.45, 7) is 0.909. The fourth-order valence-electron chi connectivity index (χ4n) is 1.63. The molecule has 1 atom stereocenters. The molecule has 0 bridgehead atoms. The van der Waals surface area contributed by atoms with E-state index in [0.29, 0.717) is 6.61 Å². The number of aliphatic hydroxyl groups is 1. The van der Waals surface area contributed by atoms with Crippen LogP contribution >= 0.6 is 15.9 Å². The molecule has 2 nitrogen and oxygen atoms in total. The maximum absolute atomic E-state index is 9.14. The maximum Gasteiger partial charge on any atom is 0.123 e. The van der Waals surface area contributed by atoms with Crippen molar-refractivity contribution in [3.63, 3.8) is 0 Å². The molecule has 0 aliphatic carbocycles. The summed E-state index contributed by atoms with van der Waals surface area (Å²) in [6.07, 6.45) is 0.908. The average Bonchev–Trinajstić information content (AvgIpc) is 2.16. The number of hydrogen-bond donors (Lipinski definition) is 1. The van der Waals surface area contributed by atoms with Crippen LogP contribution in [0.15, 0.2) is 22.7 Å². The van der Waals surface area contributed by atoms with Gasteiger partial charge in [-0.2, -0.15) is 0 Å². The van der Waals surface area contributed by atoms with Crippen molar-refractivity contribution >= 4 is 15.9 Å². The molecular weight excluding hydrogens is 232 g/mol. The molecule has 1 aliphatic rings. The van der Waals surface area contributed by atoms with Crippen LogP contribution in [0.3, 0.4) is 0 Å². The van der Waals surface area contributed by atoms with Crippen molar-refractivity contribution in [1.82, 2.24) is 0 Å². The summed E-state index contributed by atoms with van der Waals surface area (Å²) < 4.78 is 6.51. The second-order valence-corrected chi connectivity index (χ2v) is 4.11. The zero-order valence-corrected chi connectivity index (χ0v) is 8.75. The zero-order valence-electron chi connectivity index (χ0n) is 7.16. The quantitative estimate of drug-likeness (QED) is 0.820. The molecule has 0 saturated heterocycles. The highest BCUT2D eigenvalue weighted by molar-refractivity contribution is 9.10. The van der Waals surface area contributed by atoms with Crippen molar-refractivity contribution in [2.45, 2.75) is 12.3 Å². The number of ether oxygens (including phenoxy) is 1. The summed E-state index contributed by atoms with van der Waals surface area (Å²) in [5, 5.41) is 9.14. The second-order valence-electron chi connectivity index (χ2n) is 3.20. The molecule has 3 heteroatoms. The van der Waals surface area contributed by atoms with E-state index in [2.05, 4.69) is 15.9 Å². The molecule has 0 spiro atoms. The van der Waals surface area contributed by atoms with Crippen molar-refractivity contribution in [1.29, 1.82) is 0 Å². The van der Waals surface area contributed by atoms with Gasteiger partial charge in [-0.15, -0.1) is 0 Å². The van der Waals surface area contributed by atoms with Gasteiger partial charge in [0.1, 0.15) is 5.75 Å². The predicted molar refractivity (Wildman–Crippen MR) is 54.1 cm³/mol. The van der Waals surface area contributed by atoms with Crippen LogP contribution in [0.4, 0.5) is 0 Å². The summed E-state index contributed by atoms with van der Waals surface area (Å²) in [5.74, 6) is 1.15. The lowest BCUT2D eigenvalue weighted by Gasteiger charge is -2.24. The standard InChI is InChI=1S/C10H11BrO2/c11-8-1-2-9-7(6-12)3-4-13-10(9)5-8/h1-2,5,7,12H,3-4,6H2. The largest absolute Gasteiger partial charge is 0.493 e. The van der Waals surface area contributed by atoms with Crippen LogP contribution in [0.25, 0.3) is 0 Å². The Morgan fingerprint density at radius 3 is 3.15 bits per heavy atom. The highest BCUT2D eigenvalue weighted by Crippen LogP contribution is 2.34. The minimum absolute atomic E-state index is 0.206. The summed E-state index contributed by atoms with van der Waals surface area (Å²) >= 11 is 3.39. The molecule has 2 rings (SSSR count). The first-order chi connectivity index (χ1) is 6.31. The van der Waals surface area contributed by atoms with Gasteiger partial charge in [-0.1, -0.05) is 22.0 Å². The van der Waals surface area contributed by atoms with Crippen molar-refractivity contribution < 1.29 is 9.84 Å². The number of benzene rings is 1. The molecule has 1 unspecified atom stereocenters.